The van der Waals surface area contributed by atoms with Gasteiger partial charge in [-0.05, 0) is 29.8 Å². The monoisotopic (exact) mass is 401 g/mol. The maximum absolute atomic E-state index is 13.1. The number of hydrogen-bond acceptors (Lipinski definition) is 5. The molecule has 0 spiro atoms. The number of aryl methyl sites for hydroxylation is 2. The third-order valence-electron chi connectivity index (χ3n) is 5.45. The number of imidazole rings is 1. The number of nitrogens with two attached hydrogens (primary N) is 1. The number of aromatic amines is 1. The van der Waals surface area contributed by atoms with E-state index in [2.05, 4.69) is 15.3 Å². The molecular formula is C21H19N7O2. The normalized spacial score (nSPS) is 11.6. The fourth-order valence-corrected chi connectivity index (χ4v) is 3.94. The summed E-state index contributed by atoms with van der Waals surface area (Å²) in [6.07, 6.45) is 1.72. The van der Waals surface area contributed by atoms with E-state index in [4.69, 9.17) is 5.73 Å². The quantitative estimate of drug-likeness (QED) is 0.474. The molecule has 0 fully saturated rings. The number of H-pyrrole nitrogens is 1. The third-order valence-corrected chi connectivity index (χ3v) is 5.45. The van der Waals surface area contributed by atoms with Gasteiger partial charge >= 0.3 is 5.69 Å². The first-order valence-corrected chi connectivity index (χ1v) is 9.42. The first-order valence-electron chi connectivity index (χ1n) is 9.42. The lowest BCUT2D eigenvalue weighted by molar-refractivity contribution is 0.717. The van der Waals surface area contributed by atoms with Crippen molar-refractivity contribution in [3.8, 4) is 16.9 Å². The highest BCUT2D eigenvalue weighted by molar-refractivity contribution is 5.90. The number of hydrogen-bond donors (Lipinski definition) is 2. The Kier molecular flexibility index (Phi) is 3.93. The van der Waals surface area contributed by atoms with Gasteiger partial charge in [0.25, 0.3) is 5.56 Å². The summed E-state index contributed by atoms with van der Waals surface area (Å²) < 4.78 is 4.94. The Morgan fingerprint density at radius 1 is 1.03 bits per heavy atom. The van der Waals surface area contributed by atoms with Gasteiger partial charge in [-0.15, -0.1) is 0 Å². The minimum Gasteiger partial charge on any atom is -0.325 e. The second-order valence-corrected chi connectivity index (χ2v) is 7.14. The van der Waals surface area contributed by atoms with Gasteiger partial charge in [0.05, 0.1) is 28.3 Å². The highest BCUT2D eigenvalue weighted by Gasteiger charge is 2.20. The van der Waals surface area contributed by atoms with Crippen LogP contribution in [0.1, 0.15) is 5.69 Å². The van der Waals surface area contributed by atoms with Crippen LogP contribution in [-0.2, 0) is 20.6 Å². The summed E-state index contributed by atoms with van der Waals surface area (Å²) in [5.74, 6) is 0.642. The Hall–Kier alpha value is -3.98. The van der Waals surface area contributed by atoms with Crippen LogP contribution in [0.15, 0.2) is 58.3 Å². The van der Waals surface area contributed by atoms with Gasteiger partial charge in [-0.3, -0.25) is 14.0 Å². The average molecular weight is 401 g/mol. The van der Waals surface area contributed by atoms with Gasteiger partial charge in [0.2, 0.25) is 0 Å². The molecule has 5 rings (SSSR count). The highest BCUT2D eigenvalue weighted by Crippen LogP contribution is 2.30. The fraction of sp³-hybridized carbons (Fsp3) is 0.143. The van der Waals surface area contributed by atoms with Gasteiger partial charge in [-0.1, -0.05) is 18.2 Å². The molecule has 5 aromatic rings. The van der Waals surface area contributed by atoms with Crippen LogP contribution in [0.4, 0.5) is 0 Å². The van der Waals surface area contributed by atoms with Gasteiger partial charge < -0.3 is 5.73 Å². The Balaban J connectivity index is 1.83. The summed E-state index contributed by atoms with van der Waals surface area (Å²) >= 11 is 0. The summed E-state index contributed by atoms with van der Waals surface area (Å²) in [7, 11) is 3.55. The lowest BCUT2D eigenvalue weighted by Crippen LogP contribution is -2.23. The van der Waals surface area contributed by atoms with Crippen LogP contribution in [0.2, 0.25) is 0 Å². The minimum atomic E-state index is -0.273. The number of nitrogens with zero attached hydrogens (tertiary/aromatic N) is 5. The number of nitrogens with one attached hydrogen (secondary N) is 1. The van der Waals surface area contributed by atoms with E-state index in [1.54, 1.807) is 40.2 Å². The van der Waals surface area contributed by atoms with Crippen LogP contribution in [0.3, 0.4) is 0 Å². The largest absolute Gasteiger partial charge is 0.334 e. The molecule has 3 aromatic heterocycles. The van der Waals surface area contributed by atoms with Crippen molar-refractivity contribution in [2.45, 2.75) is 6.54 Å². The Morgan fingerprint density at radius 2 is 1.80 bits per heavy atom. The number of para-hydroxylation sites is 2. The summed E-state index contributed by atoms with van der Waals surface area (Å²) in [5.41, 5.74) is 9.17. The molecule has 3 heterocycles. The molecule has 0 amide bonds. The van der Waals surface area contributed by atoms with Gasteiger partial charge in [0.1, 0.15) is 5.82 Å². The molecule has 0 saturated carbocycles. The van der Waals surface area contributed by atoms with Crippen molar-refractivity contribution in [2.75, 3.05) is 0 Å². The van der Waals surface area contributed by atoms with Crippen molar-refractivity contribution >= 4 is 21.8 Å². The van der Waals surface area contributed by atoms with Gasteiger partial charge in [0, 0.05) is 31.6 Å². The van der Waals surface area contributed by atoms with Crippen molar-refractivity contribution in [1.29, 1.82) is 0 Å². The number of rotatable bonds is 3. The molecule has 2 aromatic carbocycles. The van der Waals surface area contributed by atoms with Gasteiger partial charge in [-0.2, -0.15) is 10.2 Å². The number of benzene rings is 2. The van der Waals surface area contributed by atoms with Crippen LogP contribution in [-0.4, -0.2) is 29.1 Å². The van der Waals surface area contributed by atoms with Crippen LogP contribution >= 0.6 is 0 Å². The van der Waals surface area contributed by atoms with Crippen molar-refractivity contribution < 1.29 is 0 Å². The van der Waals surface area contributed by atoms with Crippen molar-refractivity contribution in [1.82, 2.24) is 29.1 Å². The van der Waals surface area contributed by atoms with Crippen molar-refractivity contribution in [2.24, 2.45) is 19.8 Å². The van der Waals surface area contributed by atoms with E-state index in [1.165, 1.54) is 0 Å². The van der Waals surface area contributed by atoms with Gasteiger partial charge in [0.15, 0.2) is 0 Å². The molecule has 0 aliphatic rings. The fourth-order valence-electron chi connectivity index (χ4n) is 3.94. The second kappa shape index (κ2) is 6.53. The van der Waals surface area contributed by atoms with Crippen LogP contribution in [0.25, 0.3) is 38.8 Å². The SMILES string of the molecule is Cn1ncc(-c2ccc3c(=O)[nH]nc(CN)c3c2)c1-n1c(=O)n(C)c2ccccc21. The summed E-state index contributed by atoms with van der Waals surface area (Å²) in [4.78, 5) is 25.3. The predicted molar refractivity (Wildman–Crippen MR) is 115 cm³/mol. The maximum atomic E-state index is 13.1. The third kappa shape index (κ3) is 2.45. The molecule has 30 heavy (non-hydrogen) atoms. The van der Waals surface area contributed by atoms with Crippen LogP contribution in [0.5, 0.6) is 0 Å². The van der Waals surface area contributed by atoms with Crippen LogP contribution < -0.4 is 17.0 Å². The zero-order chi connectivity index (χ0) is 21.0. The second-order valence-electron chi connectivity index (χ2n) is 7.14. The molecule has 0 aliphatic heterocycles. The molecule has 3 N–H and O–H groups in total. The Bertz CT molecular complexity index is 1550. The number of fused-ring (bicyclic) bond motifs is 2. The molecule has 9 heteroatoms. The Labute approximate surface area is 170 Å². The lowest BCUT2D eigenvalue weighted by atomic mass is 10.0. The van der Waals surface area contributed by atoms with E-state index in [1.807, 2.05) is 36.4 Å². The first-order chi connectivity index (χ1) is 14.5. The molecule has 0 aliphatic carbocycles. The van der Waals surface area contributed by atoms with E-state index in [9.17, 15) is 9.59 Å². The lowest BCUT2D eigenvalue weighted by Gasteiger charge is -2.09. The summed E-state index contributed by atoms with van der Waals surface area (Å²) in [6.45, 7) is 0.194. The molecule has 9 nitrogen and oxygen atoms in total. The van der Waals surface area contributed by atoms with E-state index in [0.717, 1.165) is 22.2 Å². The molecule has 150 valence electrons. The molecular weight excluding hydrogens is 382 g/mol. The topological polar surface area (TPSA) is 117 Å². The molecule has 0 bridgehead atoms. The molecule has 0 radical (unpaired) electrons. The highest BCUT2D eigenvalue weighted by atomic mass is 16.2. The van der Waals surface area contributed by atoms with Crippen molar-refractivity contribution in [3.63, 3.8) is 0 Å². The average Bonchev–Trinajstić information content (AvgIpc) is 3.25. The van der Waals surface area contributed by atoms with Crippen molar-refractivity contribution in [3.05, 3.63) is 75.2 Å². The molecule has 0 atom stereocenters. The smallest absolute Gasteiger partial charge is 0.325 e. The number of aromatic nitrogens is 6. The predicted octanol–water partition coefficient (Wildman–Crippen LogP) is 1.42. The van der Waals surface area contributed by atoms with Gasteiger partial charge in [-0.25, -0.2) is 14.5 Å². The standard InChI is InChI=1S/C21H19N7O2/c1-26-17-5-3-4-6-18(17)28(21(26)30)20-15(11-23-27(20)2)12-7-8-13-14(9-12)16(10-22)24-25-19(13)29/h3-9,11H,10,22H2,1-2H3,(H,25,29). The van der Waals surface area contributed by atoms with E-state index >= 15 is 0 Å². The Morgan fingerprint density at radius 3 is 2.57 bits per heavy atom. The molecule has 0 unspecified atom stereocenters. The minimum absolute atomic E-state index is 0.164. The maximum Gasteiger partial charge on any atom is 0.334 e. The summed E-state index contributed by atoms with van der Waals surface area (Å²) in [6, 6.07) is 13.1. The first kappa shape index (κ1) is 18.1. The van der Waals surface area contributed by atoms with Crippen LogP contribution in [0, 0.1) is 0 Å². The zero-order valence-electron chi connectivity index (χ0n) is 16.5. The van der Waals surface area contributed by atoms with E-state index < -0.39 is 0 Å². The van der Waals surface area contributed by atoms with E-state index in [0.29, 0.717) is 22.3 Å². The molecule has 0 saturated heterocycles. The van der Waals surface area contributed by atoms with E-state index in [-0.39, 0.29) is 17.8 Å². The zero-order valence-corrected chi connectivity index (χ0v) is 16.5. The summed E-state index contributed by atoms with van der Waals surface area (Å²) in [5, 5.41) is 12.1.